The lowest BCUT2D eigenvalue weighted by Crippen LogP contribution is -2.30. The van der Waals surface area contributed by atoms with Gasteiger partial charge in [-0.25, -0.2) is 4.79 Å². The maximum atomic E-state index is 13.4. The third-order valence-corrected chi connectivity index (χ3v) is 7.52. The lowest BCUT2D eigenvalue weighted by molar-refractivity contribution is -0.114. The number of carboxylic acid groups (broad SMARTS) is 1. The number of carbonyl (C=O) groups excluding carboxylic acids is 3. The molecule has 0 aliphatic carbocycles. The number of aromatic carboxylic acids is 1. The molecule has 0 heterocycles. The Morgan fingerprint density at radius 2 is 1.57 bits per heavy atom. The van der Waals surface area contributed by atoms with Crippen molar-refractivity contribution in [2.75, 3.05) is 35.4 Å². The standard InChI is InChI=1S/C33H29ClN4O5S/c1-38(2)25-14-11-21(12-15-25)17-29(37-31(40)22-7-4-3-5-8-22)32(41)35-24-9-6-10-26(19-24)44-20-30(39)36-28-18-23(33(42)43)13-16-27(28)34/h3-19H,20H2,1-2H3,(H,35,41)(H,36,39)(H,37,40)(H,42,43)/b29-17+. The van der Waals surface area contributed by atoms with E-state index in [4.69, 9.17) is 11.6 Å². The number of hydrogen-bond acceptors (Lipinski definition) is 6. The lowest BCUT2D eigenvalue weighted by Gasteiger charge is -2.14. The van der Waals surface area contributed by atoms with E-state index in [0.717, 1.165) is 11.3 Å². The summed E-state index contributed by atoms with van der Waals surface area (Å²) in [6.07, 6.45) is 1.60. The third-order valence-electron chi connectivity index (χ3n) is 6.20. The lowest BCUT2D eigenvalue weighted by atomic mass is 10.1. The van der Waals surface area contributed by atoms with E-state index in [1.807, 2.05) is 43.3 Å². The van der Waals surface area contributed by atoms with Gasteiger partial charge in [0, 0.05) is 35.9 Å². The molecule has 224 valence electrons. The van der Waals surface area contributed by atoms with Crippen LogP contribution in [0, 0.1) is 0 Å². The molecule has 0 radical (unpaired) electrons. The molecule has 0 aromatic heterocycles. The maximum Gasteiger partial charge on any atom is 0.335 e. The number of carboxylic acids is 1. The Hall–Kier alpha value is -5.06. The number of hydrogen-bond donors (Lipinski definition) is 4. The molecule has 4 rings (SSSR count). The molecule has 3 amide bonds. The fraction of sp³-hybridized carbons (Fsp3) is 0.0909. The van der Waals surface area contributed by atoms with Gasteiger partial charge in [-0.1, -0.05) is 48.0 Å². The molecule has 44 heavy (non-hydrogen) atoms. The molecular weight excluding hydrogens is 600 g/mol. The average molecular weight is 629 g/mol. The molecule has 11 heteroatoms. The number of nitrogens with zero attached hydrogens (tertiary/aromatic N) is 1. The fourth-order valence-electron chi connectivity index (χ4n) is 3.93. The highest BCUT2D eigenvalue weighted by atomic mass is 35.5. The molecule has 4 aromatic carbocycles. The van der Waals surface area contributed by atoms with Crippen LogP contribution in [0.3, 0.4) is 0 Å². The molecule has 0 aliphatic heterocycles. The molecule has 0 unspecified atom stereocenters. The summed E-state index contributed by atoms with van der Waals surface area (Å²) in [5.41, 5.74) is 2.82. The van der Waals surface area contributed by atoms with Gasteiger partial charge < -0.3 is 26.0 Å². The highest BCUT2D eigenvalue weighted by Gasteiger charge is 2.16. The topological polar surface area (TPSA) is 128 Å². The van der Waals surface area contributed by atoms with Crippen molar-refractivity contribution in [2.24, 2.45) is 0 Å². The van der Waals surface area contributed by atoms with Crippen LogP contribution in [0.1, 0.15) is 26.3 Å². The van der Waals surface area contributed by atoms with Crippen molar-refractivity contribution in [3.63, 3.8) is 0 Å². The summed E-state index contributed by atoms with van der Waals surface area (Å²) in [6, 6.07) is 27.1. The van der Waals surface area contributed by atoms with Gasteiger partial charge in [0.2, 0.25) is 5.91 Å². The Morgan fingerprint density at radius 3 is 2.25 bits per heavy atom. The first-order valence-corrected chi connectivity index (χ1v) is 14.7. The zero-order chi connectivity index (χ0) is 31.6. The van der Waals surface area contributed by atoms with Crippen LogP contribution in [0.5, 0.6) is 0 Å². The zero-order valence-corrected chi connectivity index (χ0v) is 25.4. The minimum absolute atomic E-state index is 0.000230. The van der Waals surface area contributed by atoms with E-state index in [-0.39, 0.29) is 33.6 Å². The normalized spacial score (nSPS) is 10.9. The molecule has 9 nitrogen and oxygen atoms in total. The molecule has 4 aromatic rings. The first-order chi connectivity index (χ1) is 21.1. The van der Waals surface area contributed by atoms with E-state index >= 15 is 0 Å². The smallest absolute Gasteiger partial charge is 0.335 e. The Morgan fingerprint density at radius 1 is 0.841 bits per heavy atom. The van der Waals surface area contributed by atoms with Crippen LogP contribution in [0.4, 0.5) is 17.1 Å². The minimum Gasteiger partial charge on any atom is -0.478 e. The van der Waals surface area contributed by atoms with Gasteiger partial charge in [-0.2, -0.15) is 0 Å². The van der Waals surface area contributed by atoms with E-state index in [1.54, 1.807) is 60.7 Å². The summed E-state index contributed by atoms with van der Waals surface area (Å²) < 4.78 is 0. The van der Waals surface area contributed by atoms with E-state index in [9.17, 15) is 24.3 Å². The molecular formula is C33H29ClN4O5S. The SMILES string of the molecule is CN(C)c1ccc(/C=C(/NC(=O)c2ccccc2)C(=O)Nc2cccc(SCC(=O)Nc3cc(C(=O)O)ccc3Cl)c2)cc1. The van der Waals surface area contributed by atoms with Gasteiger partial charge >= 0.3 is 5.97 Å². The van der Waals surface area contributed by atoms with Crippen molar-refractivity contribution >= 4 is 70.2 Å². The van der Waals surface area contributed by atoms with Gasteiger partial charge in [0.25, 0.3) is 11.8 Å². The van der Waals surface area contributed by atoms with Gasteiger partial charge in [0.15, 0.2) is 0 Å². The fourth-order valence-corrected chi connectivity index (χ4v) is 4.85. The molecule has 0 saturated heterocycles. The molecule has 0 bridgehead atoms. The molecule has 4 N–H and O–H groups in total. The highest BCUT2D eigenvalue weighted by molar-refractivity contribution is 8.00. The molecule has 0 saturated carbocycles. The van der Waals surface area contributed by atoms with Crippen LogP contribution in [0.2, 0.25) is 5.02 Å². The summed E-state index contributed by atoms with van der Waals surface area (Å²) in [4.78, 5) is 52.8. The second-order valence-corrected chi connectivity index (χ2v) is 11.1. The van der Waals surface area contributed by atoms with Crippen molar-refractivity contribution in [2.45, 2.75) is 4.90 Å². The molecule has 0 spiro atoms. The first-order valence-electron chi connectivity index (χ1n) is 13.3. The largest absolute Gasteiger partial charge is 0.478 e. The van der Waals surface area contributed by atoms with Crippen molar-refractivity contribution in [1.82, 2.24) is 5.32 Å². The second-order valence-electron chi connectivity index (χ2n) is 9.68. The number of nitrogens with one attached hydrogen (secondary N) is 3. The highest BCUT2D eigenvalue weighted by Crippen LogP contribution is 2.26. The van der Waals surface area contributed by atoms with Gasteiger partial charge in [-0.05, 0) is 72.3 Å². The summed E-state index contributed by atoms with van der Waals surface area (Å²) in [6.45, 7) is 0. The Labute approximate surface area is 263 Å². The van der Waals surface area contributed by atoms with E-state index in [2.05, 4.69) is 16.0 Å². The Bertz CT molecular complexity index is 1710. The average Bonchev–Trinajstić information content (AvgIpc) is 3.01. The predicted molar refractivity (Wildman–Crippen MR) is 175 cm³/mol. The number of carbonyl (C=O) groups is 4. The van der Waals surface area contributed by atoms with Crippen molar-refractivity contribution in [1.29, 1.82) is 0 Å². The Balaban J connectivity index is 1.46. The maximum absolute atomic E-state index is 13.4. The number of rotatable bonds is 11. The number of halogens is 1. The van der Waals surface area contributed by atoms with Gasteiger partial charge in [-0.15, -0.1) is 11.8 Å². The summed E-state index contributed by atoms with van der Waals surface area (Å²) in [7, 11) is 3.86. The van der Waals surface area contributed by atoms with Crippen LogP contribution in [-0.2, 0) is 9.59 Å². The zero-order valence-electron chi connectivity index (χ0n) is 23.8. The number of thioether (sulfide) groups is 1. The number of benzene rings is 4. The second kappa shape index (κ2) is 14.9. The van der Waals surface area contributed by atoms with Crippen LogP contribution in [0.15, 0.2) is 108 Å². The van der Waals surface area contributed by atoms with Crippen molar-refractivity contribution in [3.05, 3.63) is 124 Å². The van der Waals surface area contributed by atoms with Crippen LogP contribution in [0.25, 0.3) is 6.08 Å². The molecule has 0 aliphatic rings. The summed E-state index contributed by atoms with van der Waals surface area (Å²) in [5, 5.41) is 17.6. The van der Waals surface area contributed by atoms with Gasteiger partial charge in [0.1, 0.15) is 5.70 Å². The van der Waals surface area contributed by atoms with Crippen molar-refractivity contribution in [3.8, 4) is 0 Å². The molecule has 0 atom stereocenters. The summed E-state index contributed by atoms with van der Waals surface area (Å²) in [5.74, 6) is -2.47. The predicted octanol–water partition coefficient (Wildman–Crippen LogP) is 6.24. The Kier molecular flexibility index (Phi) is 10.8. The van der Waals surface area contributed by atoms with Crippen LogP contribution in [-0.4, -0.2) is 48.6 Å². The quantitative estimate of drug-likeness (QED) is 0.114. The monoisotopic (exact) mass is 628 g/mol. The van der Waals surface area contributed by atoms with Crippen LogP contribution >= 0.6 is 23.4 Å². The van der Waals surface area contributed by atoms with E-state index in [1.165, 1.54) is 30.0 Å². The molecule has 0 fully saturated rings. The van der Waals surface area contributed by atoms with E-state index < -0.39 is 17.8 Å². The van der Waals surface area contributed by atoms with Gasteiger partial charge in [0.05, 0.1) is 22.0 Å². The first kappa shape index (κ1) is 31.9. The van der Waals surface area contributed by atoms with Crippen molar-refractivity contribution < 1.29 is 24.3 Å². The van der Waals surface area contributed by atoms with Crippen LogP contribution < -0.4 is 20.9 Å². The van der Waals surface area contributed by atoms with Gasteiger partial charge in [-0.3, -0.25) is 14.4 Å². The minimum atomic E-state index is -1.13. The number of anilines is 3. The third kappa shape index (κ3) is 8.97. The van der Waals surface area contributed by atoms with E-state index in [0.29, 0.717) is 16.1 Å². The number of amides is 3. The summed E-state index contributed by atoms with van der Waals surface area (Å²) >= 11 is 7.32.